The summed E-state index contributed by atoms with van der Waals surface area (Å²) in [5, 5.41) is 4.15. The molecule has 1 aliphatic rings. The number of carbonyl (C=O) groups excluding carboxylic acids is 2. The maximum atomic E-state index is 13.4. The SMILES string of the molecule is CC[C@H](C(=O)NC1CCCCC1)N(Cc1ccc(Cl)cc1Cl)C(=O)COc1ccccc1C. The average molecular weight is 491 g/mol. The summed E-state index contributed by atoms with van der Waals surface area (Å²) < 4.78 is 5.81. The van der Waals surface area contributed by atoms with E-state index in [4.69, 9.17) is 27.9 Å². The van der Waals surface area contributed by atoms with Crippen molar-refractivity contribution in [3.05, 3.63) is 63.6 Å². The number of hydrogen-bond donors (Lipinski definition) is 1. The fraction of sp³-hybridized carbons (Fsp3) is 0.462. The molecular weight excluding hydrogens is 459 g/mol. The van der Waals surface area contributed by atoms with Gasteiger partial charge in [-0.25, -0.2) is 0 Å². The quantitative estimate of drug-likeness (QED) is 0.473. The average Bonchev–Trinajstić information content (AvgIpc) is 2.80. The molecular formula is C26H32Cl2N2O3. The van der Waals surface area contributed by atoms with Crippen LogP contribution in [0.3, 0.4) is 0 Å². The molecule has 2 aromatic carbocycles. The molecule has 2 aromatic rings. The topological polar surface area (TPSA) is 58.6 Å². The van der Waals surface area contributed by atoms with Crippen molar-refractivity contribution in [2.75, 3.05) is 6.61 Å². The highest BCUT2D eigenvalue weighted by Gasteiger charge is 2.31. The van der Waals surface area contributed by atoms with Crippen LogP contribution in [0.1, 0.15) is 56.6 Å². The van der Waals surface area contributed by atoms with Crippen LogP contribution < -0.4 is 10.1 Å². The number of nitrogens with one attached hydrogen (secondary N) is 1. The monoisotopic (exact) mass is 490 g/mol. The minimum absolute atomic E-state index is 0.126. The number of hydrogen-bond acceptors (Lipinski definition) is 3. The third kappa shape index (κ3) is 7.12. The van der Waals surface area contributed by atoms with Crippen LogP contribution in [0.15, 0.2) is 42.5 Å². The summed E-state index contributed by atoms with van der Waals surface area (Å²) in [6.07, 6.45) is 5.90. The minimum Gasteiger partial charge on any atom is -0.484 e. The summed E-state index contributed by atoms with van der Waals surface area (Å²) in [5.74, 6) is 0.253. The number of nitrogens with zero attached hydrogens (tertiary/aromatic N) is 1. The lowest BCUT2D eigenvalue weighted by molar-refractivity contribution is -0.143. The van der Waals surface area contributed by atoms with Crippen molar-refractivity contribution in [3.8, 4) is 5.75 Å². The molecule has 0 spiro atoms. The zero-order valence-corrected chi connectivity index (χ0v) is 20.8. The zero-order valence-electron chi connectivity index (χ0n) is 19.3. The highest BCUT2D eigenvalue weighted by molar-refractivity contribution is 6.35. The van der Waals surface area contributed by atoms with E-state index in [0.29, 0.717) is 22.2 Å². The van der Waals surface area contributed by atoms with Gasteiger partial charge in [0.15, 0.2) is 6.61 Å². The van der Waals surface area contributed by atoms with Gasteiger partial charge in [-0.1, -0.05) is 73.7 Å². The number of carbonyl (C=O) groups is 2. The molecule has 33 heavy (non-hydrogen) atoms. The van der Waals surface area contributed by atoms with Crippen molar-refractivity contribution >= 4 is 35.0 Å². The first kappa shape index (κ1) is 25.4. The van der Waals surface area contributed by atoms with Gasteiger partial charge in [0.1, 0.15) is 11.8 Å². The molecule has 0 heterocycles. The molecule has 0 aliphatic heterocycles. The Labute approximate surface area is 206 Å². The van der Waals surface area contributed by atoms with Gasteiger partial charge in [0, 0.05) is 22.6 Å². The van der Waals surface area contributed by atoms with Crippen LogP contribution in [0.2, 0.25) is 10.0 Å². The van der Waals surface area contributed by atoms with Crippen molar-refractivity contribution < 1.29 is 14.3 Å². The van der Waals surface area contributed by atoms with Gasteiger partial charge in [-0.2, -0.15) is 0 Å². The molecule has 1 saturated carbocycles. The van der Waals surface area contributed by atoms with Crippen molar-refractivity contribution in [1.82, 2.24) is 10.2 Å². The summed E-state index contributed by atoms with van der Waals surface area (Å²) >= 11 is 12.4. The Kier molecular flexibility index (Phi) is 9.45. The summed E-state index contributed by atoms with van der Waals surface area (Å²) in [4.78, 5) is 28.2. The molecule has 1 atom stereocenters. The molecule has 0 aromatic heterocycles. The lowest BCUT2D eigenvalue weighted by atomic mass is 9.95. The summed E-state index contributed by atoms with van der Waals surface area (Å²) in [6.45, 7) is 3.88. The number of para-hydroxylation sites is 1. The predicted molar refractivity (Wildman–Crippen MR) is 133 cm³/mol. The lowest BCUT2D eigenvalue weighted by Gasteiger charge is -2.33. The van der Waals surface area contributed by atoms with E-state index < -0.39 is 6.04 Å². The first-order valence-electron chi connectivity index (χ1n) is 11.6. The Hall–Kier alpha value is -2.24. The number of aryl methyl sites for hydroxylation is 1. The molecule has 0 bridgehead atoms. The van der Waals surface area contributed by atoms with Crippen molar-refractivity contribution in [1.29, 1.82) is 0 Å². The molecule has 5 nitrogen and oxygen atoms in total. The molecule has 7 heteroatoms. The number of benzene rings is 2. The Balaban J connectivity index is 1.79. The molecule has 0 saturated heterocycles. The first-order chi connectivity index (χ1) is 15.9. The molecule has 0 unspecified atom stereocenters. The standard InChI is InChI=1S/C26H32Cl2N2O3/c1-3-23(26(32)29-21-10-5-4-6-11-21)30(16-19-13-14-20(27)15-22(19)28)25(31)17-33-24-12-8-7-9-18(24)2/h7-9,12-15,21,23H,3-6,10-11,16-17H2,1-2H3,(H,29,32)/t23-/m1/s1. The Bertz CT molecular complexity index is 960. The van der Waals surface area contributed by atoms with Gasteiger partial charge >= 0.3 is 0 Å². The second kappa shape index (κ2) is 12.3. The van der Waals surface area contributed by atoms with E-state index in [9.17, 15) is 9.59 Å². The van der Waals surface area contributed by atoms with E-state index in [0.717, 1.165) is 36.8 Å². The van der Waals surface area contributed by atoms with Crippen LogP contribution in [0, 0.1) is 6.92 Å². The van der Waals surface area contributed by atoms with Gasteiger partial charge in [0.25, 0.3) is 5.91 Å². The van der Waals surface area contributed by atoms with E-state index in [1.807, 2.05) is 38.1 Å². The van der Waals surface area contributed by atoms with E-state index in [1.165, 1.54) is 6.42 Å². The highest BCUT2D eigenvalue weighted by atomic mass is 35.5. The van der Waals surface area contributed by atoms with E-state index in [-0.39, 0.29) is 31.0 Å². The smallest absolute Gasteiger partial charge is 0.261 e. The molecule has 3 rings (SSSR count). The Morgan fingerprint density at radius 1 is 1.12 bits per heavy atom. The number of halogens is 2. The van der Waals surface area contributed by atoms with Crippen LogP contribution in [0.4, 0.5) is 0 Å². The maximum Gasteiger partial charge on any atom is 0.261 e. The molecule has 2 amide bonds. The van der Waals surface area contributed by atoms with E-state index in [1.54, 1.807) is 23.1 Å². The van der Waals surface area contributed by atoms with Crippen LogP contribution in [0.25, 0.3) is 0 Å². The fourth-order valence-corrected chi connectivity index (χ4v) is 4.71. The van der Waals surface area contributed by atoms with Crippen LogP contribution in [0.5, 0.6) is 5.75 Å². The summed E-state index contributed by atoms with van der Waals surface area (Å²) in [5.41, 5.74) is 1.67. The third-order valence-corrected chi connectivity index (χ3v) is 6.72. The second-order valence-electron chi connectivity index (χ2n) is 8.58. The molecule has 0 radical (unpaired) electrons. The van der Waals surface area contributed by atoms with Crippen molar-refractivity contribution in [2.45, 2.75) is 71.0 Å². The van der Waals surface area contributed by atoms with Crippen molar-refractivity contribution in [2.24, 2.45) is 0 Å². The van der Waals surface area contributed by atoms with Gasteiger partial charge in [-0.15, -0.1) is 0 Å². The predicted octanol–water partition coefficient (Wildman–Crippen LogP) is 5.94. The van der Waals surface area contributed by atoms with Gasteiger partial charge in [0.2, 0.25) is 5.91 Å². The van der Waals surface area contributed by atoms with E-state index >= 15 is 0 Å². The van der Waals surface area contributed by atoms with Gasteiger partial charge < -0.3 is 15.0 Å². The normalized spacial score (nSPS) is 15.0. The summed E-state index contributed by atoms with van der Waals surface area (Å²) in [7, 11) is 0. The van der Waals surface area contributed by atoms with Gasteiger partial charge in [-0.3, -0.25) is 9.59 Å². The number of amides is 2. The highest BCUT2D eigenvalue weighted by Crippen LogP contribution is 2.25. The first-order valence-corrected chi connectivity index (χ1v) is 12.4. The van der Waals surface area contributed by atoms with Crippen LogP contribution in [-0.2, 0) is 16.1 Å². The third-order valence-electron chi connectivity index (χ3n) is 6.14. The van der Waals surface area contributed by atoms with Crippen molar-refractivity contribution in [3.63, 3.8) is 0 Å². The number of rotatable bonds is 9. The summed E-state index contributed by atoms with van der Waals surface area (Å²) in [6, 6.07) is 12.3. The fourth-order valence-electron chi connectivity index (χ4n) is 4.24. The zero-order chi connectivity index (χ0) is 23.8. The molecule has 1 fully saturated rings. The molecule has 178 valence electrons. The second-order valence-corrected chi connectivity index (χ2v) is 9.42. The van der Waals surface area contributed by atoms with Gasteiger partial charge in [0.05, 0.1) is 0 Å². The van der Waals surface area contributed by atoms with E-state index in [2.05, 4.69) is 5.32 Å². The Morgan fingerprint density at radius 2 is 1.85 bits per heavy atom. The molecule has 1 aliphatic carbocycles. The van der Waals surface area contributed by atoms with Crippen LogP contribution in [-0.4, -0.2) is 35.4 Å². The number of ether oxygens (including phenoxy) is 1. The minimum atomic E-state index is -0.619. The lowest BCUT2D eigenvalue weighted by Crippen LogP contribution is -2.52. The van der Waals surface area contributed by atoms with Gasteiger partial charge in [-0.05, 0) is 55.5 Å². The largest absolute Gasteiger partial charge is 0.484 e. The maximum absolute atomic E-state index is 13.4. The van der Waals surface area contributed by atoms with Crippen LogP contribution >= 0.6 is 23.2 Å². The Morgan fingerprint density at radius 3 is 2.52 bits per heavy atom. The molecule has 1 N–H and O–H groups in total.